The van der Waals surface area contributed by atoms with Gasteiger partial charge in [-0.15, -0.1) is 0 Å². The summed E-state index contributed by atoms with van der Waals surface area (Å²) in [4.78, 5) is 2.57. The summed E-state index contributed by atoms with van der Waals surface area (Å²) in [5.41, 5.74) is 4.44. The van der Waals surface area contributed by atoms with Gasteiger partial charge in [-0.25, -0.2) is 0 Å². The lowest BCUT2D eigenvalue weighted by Crippen LogP contribution is -2.56. The van der Waals surface area contributed by atoms with Gasteiger partial charge in [-0.1, -0.05) is 50.4 Å². The molecule has 1 atom stereocenters. The predicted molar refractivity (Wildman–Crippen MR) is 85.6 cm³/mol. The van der Waals surface area contributed by atoms with E-state index in [1.54, 1.807) is 0 Å². The smallest absolute Gasteiger partial charge is 0.0643 e. The summed E-state index contributed by atoms with van der Waals surface area (Å²) in [6.45, 7) is 6.59. The number of halogens is 1. The summed E-state index contributed by atoms with van der Waals surface area (Å²) in [5, 5.41) is 0.771. The lowest BCUT2D eigenvalue weighted by atomic mass is 9.82. The number of nitrogens with one attached hydrogen (secondary N) is 1. The number of benzene rings is 1. The van der Waals surface area contributed by atoms with Gasteiger partial charge in [0.1, 0.15) is 0 Å². The fourth-order valence-corrected chi connectivity index (χ4v) is 3.97. The Morgan fingerprint density at radius 3 is 2.20 bits per heavy atom. The summed E-state index contributed by atoms with van der Waals surface area (Å²) in [5.74, 6) is 5.95. The zero-order valence-electron chi connectivity index (χ0n) is 12.5. The van der Waals surface area contributed by atoms with E-state index in [0.29, 0.717) is 0 Å². The van der Waals surface area contributed by atoms with Gasteiger partial charge >= 0.3 is 0 Å². The number of hydrazine groups is 1. The third kappa shape index (κ3) is 2.86. The van der Waals surface area contributed by atoms with Crippen molar-refractivity contribution in [2.45, 2.75) is 51.1 Å². The maximum Gasteiger partial charge on any atom is 0.0643 e. The molecule has 2 rings (SSSR count). The monoisotopic (exact) mass is 295 g/mol. The molecule has 3 N–H and O–H groups in total. The van der Waals surface area contributed by atoms with Crippen LogP contribution in [-0.2, 0) is 0 Å². The van der Waals surface area contributed by atoms with Crippen LogP contribution in [0.15, 0.2) is 24.3 Å². The molecule has 4 heteroatoms. The predicted octanol–water partition coefficient (Wildman–Crippen LogP) is 3.50. The molecule has 0 spiro atoms. The van der Waals surface area contributed by atoms with Gasteiger partial charge in [0.05, 0.1) is 6.04 Å². The molecule has 3 nitrogen and oxygen atoms in total. The van der Waals surface area contributed by atoms with Crippen molar-refractivity contribution < 1.29 is 0 Å². The Morgan fingerprint density at radius 2 is 1.75 bits per heavy atom. The normalized spacial score (nSPS) is 19.4. The summed E-state index contributed by atoms with van der Waals surface area (Å²) >= 11 is 6.01. The third-order valence-corrected chi connectivity index (χ3v) is 5.02. The van der Waals surface area contributed by atoms with Gasteiger partial charge in [-0.2, -0.15) is 0 Å². The van der Waals surface area contributed by atoms with Gasteiger partial charge in [0.25, 0.3) is 0 Å². The van der Waals surface area contributed by atoms with E-state index in [2.05, 4.69) is 36.3 Å². The van der Waals surface area contributed by atoms with Crippen LogP contribution in [0.2, 0.25) is 5.02 Å². The average molecular weight is 296 g/mol. The molecular formula is C16H26ClN3. The van der Waals surface area contributed by atoms with Gasteiger partial charge in [0, 0.05) is 10.6 Å². The summed E-state index contributed by atoms with van der Waals surface area (Å²) in [6, 6.07) is 8.24. The van der Waals surface area contributed by atoms with Crippen LogP contribution in [0.1, 0.15) is 51.1 Å². The summed E-state index contributed by atoms with van der Waals surface area (Å²) < 4.78 is 0. The summed E-state index contributed by atoms with van der Waals surface area (Å²) in [6.07, 6.45) is 4.96. The molecule has 1 aromatic rings. The lowest BCUT2D eigenvalue weighted by Gasteiger charge is -2.46. The fraction of sp³-hybridized carbons (Fsp3) is 0.625. The number of likely N-dealkylation sites (N-methyl/N-ethyl adjacent to an activating group) is 1. The highest BCUT2D eigenvalue weighted by Crippen LogP contribution is 2.44. The first-order valence-electron chi connectivity index (χ1n) is 7.64. The molecular weight excluding hydrogens is 270 g/mol. The van der Waals surface area contributed by atoms with Crippen molar-refractivity contribution >= 4 is 11.6 Å². The molecule has 20 heavy (non-hydrogen) atoms. The van der Waals surface area contributed by atoms with Crippen LogP contribution in [0.5, 0.6) is 0 Å². The van der Waals surface area contributed by atoms with Crippen molar-refractivity contribution in [2.75, 3.05) is 13.1 Å². The molecule has 112 valence electrons. The maximum atomic E-state index is 6.01. The van der Waals surface area contributed by atoms with E-state index in [4.69, 9.17) is 17.4 Å². The second-order valence-electron chi connectivity index (χ2n) is 5.63. The Balaban J connectivity index is 2.37. The van der Waals surface area contributed by atoms with Crippen LogP contribution in [0.3, 0.4) is 0 Å². The lowest BCUT2D eigenvalue weighted by molar-refractivity contribution is 0.0626. The first kappa shape index (κ1) is 15.8. The molecule has 1 aliphatic rings. The Bertz CT molecular complexity index is 408. The second-order valence-corrected chi connectivity index (χ2v) is 6.07. The van der Waals surface area contributed by atoms with Crippen LogP contribution >= 0.6 is 11.6 Å². The molecule has 1 unspecified atom stereocenters. The van der Waals surface area contributed by atoms with E-state index >= 15 is 0 Å². The largest absolute Gasteiger partial charge is 0.296 e. The highest BCUT2D eigenvalue weighted by atomic mass is 35.5. The Hall–Kier alpha value is -0.610. The molecule has 0 amide bonds. The van der Waals surface area contributed by atoms with E-state index in [1.165, 1.54) is 31.2 Å². The number of hydrogen-bond acceptors (Lipinski definition) is 3. The Labute approximate surface area is 127 Å². The molecule has 1 fully saturated rings. The fourth-order valence-electron chi connectivity index (χ4n) is 3.84. The van der Waals surface area contributed by atoms with Gasteiger partial charge < -0.3 is 0 Å². The maximum absolute atomic E-state index is 6.01. The van der Waals surface area contributed by atoms with Crippen LogP contribution in [0, 0.1) is 0 Å². The second kappa shape index (κ2) is 6.90. The SMILES string of the molecule is CCN(CC)C1(C(NN)c2ccc(Cl)cc2)CCCC1. The summed E-state index contributed by atoms with van der Waals surface area (Å²) in [7, 11) is 0. The quantitative estimate of drug-likeness (QED) is 0.623. The van der Waals surface area contributed by atoms with E-state index in [-0.39, 0.29) is 11.6 Å². The number of rotatable bonds is 6. The number of nitrogens with two attached hydrogens (primary N) is 1. The molecule has 1 saturated carbocycles. The van der Waals surface area contributed by atoms with E-state index in [9.17, 15) is 0 Å². The minimum absolute atomic E-state index is 0.131. The molecule has 0 heterocycles. The van der Waals surface area contributed by atoms with Gasteiger partial charge in [-0.3, -0.25) is 16.2 Å². The molecule has 0 radical (unpaired) electrons. The van der Waals surface area contributed by atoms with Crippen LogP contribution in [0.25, 0.3) is 0 Å². The van der Waals surface area contributed by atoms with Gasteiger partial charge in [0.2, 0.25) is 0 Å². The number of nitrogens with zero attached hydrogens (tertiary/aromatic N) is 1. The molecule has 1 aliphatic carbocycles. The Kier molecular flexibility index (Phi) is 5.44. The molecule has 0 aromatic heterocycles. The zero-order chi connectivity index (χ0) is 14.6. The minimum atomic E-state index is 0.131. The van der Waals surface area contributed by atoms with Gasteiger partial charge in [0.15, 0.2) is 0 Å². The van der Waals surface area contributed by atoms with Crippen molar-refractivity contribution in [1.29, 1.82) is 0 Å². The highest BCUT2D eigenvalue weighted by molar-refractivity contribution is 6.30. The first-order valence-corrected chi connectivity index (χ1v) is 8.02. The van der Waals surface area contributed by atoms with Crippen LogP contribution in [0.4, 0.5) is 0 Å². The van der Waals surface area contributed by atoms with E-state index < -0.39 is 0 Å². The van der Waals surface area contributed by atoms with Crippen molar-refractivity contribution in [1.82, 2.24) is 10.3 Å². The average Bonchev–Trinajstić information content (AvgIpc) is 2.93. The van der Waals surface area contributed by atoms with Crippen molar-refractivity contribution in [3.8, 4) is 0 Å². The minimum Gasteiger partial charge on any atom is -0.296 e. The van der Waals surface area contributed by atoms with Crippen molar-refractivity contribution in [2.24, 2.45) is 5.84 Å². The molecule has 1 aromatic carbocycles. The Morgan fingerprint density at radius 1 is 1.20 bits per heavy atom. The molecule has 0 bridgehead atoms. The van der Waals surface area contributed by atoms with E-state index in [1.807, 2.05) is 12.1 Å². The van der Waals surface area contributed by atoms with Crippen molar-refractivity contribution in [3.05, 3.63) is 34.9 Å². The van der Waals surface area contributed by atoms with Crippen LogP contribution in [-0.4, -0.2) is 23.5 Å². The molecule has 0 saturated heterocycles. The van der Waals surface area contributed by atoms with E-state index in [0.717, 1.165) is 18.1 Å². The highest BCUT2D eigenvalue weighted by Gasteiger charge is 2.45. The number of hydrogen-bond donors (Lipinski definition) is 2. The third-order valence-electron chi connectivity index (χ3n) is 4.77. The first-order chi connectivity index (χ1) is 9.67. The zero-order valence-corrected chi connectivity index (χ0v) is 13.3. The van der Waals surface area contributed by atoms with Gasteiger partial charge in [-0.05, 0) is 43.6 Å². The van der Waals surface area contributed by atoms with Crippen LogP contribution < -0.4 is 11.3 Å². The topological polar surface area (TPSA) is 41.3 Å². The van der Waals surface area contributed by atoms with Crippen molar-refractivity contribution in [3.63, 3.8) is 0 Å². The molecule has 0 aliphatic heterocycles. The standard InChI is InChI=1S/C16H26ClN3/c1-3-20(4-2)16(11-5-6-12-16)15(19-18)13-7-9-14(17)10-8-13/h7-10,15,19H,3-6,11-12,18H2,1-2H3.